The number of rotatable bonds is 0. The fourth-order valence-corrected chi connectivity index (χ4v) is 1.49. The first-order chi connectivity index (χ1) is 7.02. The van der Waals surface area contributed by atoms with Gasteiger partial charge in [0.2, 0.25) is 0 Å². The van der Waals surface area contributed by atoms with Gasteiger partial charge in [0.15, 0.2) is 17.3 Å². The molecular weight excluding hydrogens is 198 g/mol. The standard InChI is InChI=1S/C10H7NO4/c11-4-3-7(14)8-5(12)1-2-6(13)9(8)10(4)15/h1-3,14-15H,11H2. The van der Waals surface area contributed by atoms with Crippen LogP contribution in [0.1, 0.15) is 20.7 Å². The molecule has 0 heterocycles. The van der Waals surface area contributed by atoms with Crippen molar-refractivity contribution < 1.29 is 19.8 Å². The average molecular weight is 205 g/mol. The number of phenols is 2. The van der Waals surface area contributed by atoms with Gasteiger partial charge >= 0.3 is 0 Å². The Balaban J connectivity index is 2.87. The van der Waals surface area contributed by atoms with E-state index in [9.17, 15) is 19.8 Å². The fourth-order valence-electron chi connectivity index (χ4n) is 1.49. The van der Waals surface area contributed by atoms with Crippen molar-refractivity contribution in [3.8, 4) is 11.5 Å². The highest BCUT2D eigenvalue weighted by atomic mass is 16.3. The highest BCUT2D eigenvalue weighted by Gasteiger charge is 2.27. The van der Waals surface area contributed by atoms with Crippen LogP contribution in [0, 0.1) is 0 Å². The molecule has 0 atom stereocenters. The lowest BCUT2D eigenvalue weighted by Crippen LogP contribution is -2.12. The number of hydrogen-bond acceptors (Lipinski definition) is 5. The van der Waals surface area contributed by atoms with Gasteiger partial charge in [0.1, 0.15) is 5.75 Å². The molecule has 1 aromatic rings. The molecule has 5 nitrogen and oxygen atoms in total. The minimum atomic E-state index is -0.551. The van der Waals surface area contributed by atoms with Crippen LogP contribution in [0.3, 0.4) is 0 Å². The zero-order chi connectivity index (χ0) is 11.2. The molecule has 76 valence electrons. The number of carbonyl (C=O) groups is 2. The maximum absolute atomic E-state index is 11.4. The monoisotopic (exact) mass is 205 g/mol. The summed E-state index contributed by atoms with van der Waals surface area (Å²) in [5.41, 5.74) is 4.78. The van der Waals surface area contributed by atoms with Crippen molar-refractivity contribution in [2.75, 3.05) is 5.73 Å². The molecule has 4 N–H and O–H groups in total. The van der Waals surface area contributed by atoms with E-state index in [1.807, 2.05) is 0 Å². The second-order valence-corrected chi connectivity index (χ2v) is 3.15. The number of nitrogens with two attached hydrogens (primary N) is 1. The number of carbonyl (C=O) groups excluding carboxylic acids is 2. The topological polar surface area (TPSA) is 101 Å². The summed E-state index contributed by atoms with van der Waals surface area (Å²) >= 11 is 0. The molecule has 0 fully saturated rings. The lowest BCUT2D eigenvalue weighted by molar-refractivity contribution is 0.0989. The maximum Gasteiger partial charge on any atom is 0.190 e. The minimum Gasteiger partial charge on any atom is -0.507 e. The number of ketones is 2. The van der Waals surface area contributed by atoms with E-state index in [1.54, 1.807) is 0 Å². The molecule has 0 bridgehead atoms. The van der Waals surface area contributed by atoms with Crippen LogP contribution in [-0.4, -0.2) is 21.8 Å². The molecule has 0 spiro atoms. The van der Waals surface area contributed by atoms with E-state index in [1.165, 1.54) is 0 Å². The van der Waals surface area contributed by atoms with E-state index in [0.717, 1.165) is 18.2 Å². The molecule has 0 amide bonds. The van der Waals surface area contributed by atoms with E-state index in [2.05, 4.69) is 0 Å². The summed E-state index contributed by atoms with van der Waals surface area (Å²) in [4.78, 5) is 22.8. The summed E-state index contributed by atoms with van der Waals surface area (Å²) in [6, 6.07) is 1.04. The quantitative estimate of drug-likeness (QED) is 0.327. The summed E-state index contributed by atoms with van der Waals surface area (Å²) in [6.07, 6.45) is 2.07. The van der Waals surface area contributed by atoms with Crippen molar-refractivity contribution in [3.05, 3.63) is 29.3 Å². The second-order valence-electron chi connectivity index (χ2n) is 3.15. The van der Waals surface area contributed by atoms with Crippen molar-refractivity contribution >= 4 is 17.3 Å². The van der Waals surface area contributed by atoms with Gasteiger partial charge < -0.3 is 15.9 Å². The molecule has 0 aromatic heterocycles. The lowest BCUT2D eigenvalue weighted by atomic mass is 9.92. The Morgan fingerprint density at radius 3 is 2.13 bits per heavy atom. The molecule has 0 saturated carbocycles. The summed E-state index contributed by atoms with van der Waals surface area (Å²) in [5.74, 6) is -1.95. The predicted molar refractivity (Wildman–Crippen MR) is 52.0 cm³/mol. The molecule has 1 aromatic carbocycles. The predicted octanol–water partition coefficient (Wildman–Crippen LogP) is 0.615. The van der Waals surface area contributed by atoms with Gasteiger partial charge in [-0.2, -0.15) is 0 Å². The number of hydrogen-bond donors (Lipinski definition) is 3. The first-order valence-corrected chi connectivity index (χ1v) is 4.13. The zero-order valence-corrected chi connectivity index (χ0v) is 7.52. The van der Waals surface area contributed by atoms with Crippen LogP contribution >= 0.6 is 0 Å². The highest BCUT2D eigenvalue weighted by Crippen LogP contribution is 2.37. The van der Waals surface area contributed by atoms with E-state index in [0.29, 0.717) is 0 Å². The molecule has 15 heavy (non-hydrogen) atoms. The van der Waals surface area contributed by atoms with Crippen molar-refractivity contribution in [2.45, 2.75) is 0 Å². The van der Waals surface area contributed by atoms with E-state index in [4.69, 9.17) is 5.73 Å². The molecule has 0 saturated heterocycles. The number of nitrogen functional groups attached to an aromatic ring is 1. The Kier molecular flexibility index (Phi) is 1.76. The number of benzene rings is 1. The lowest BCUT2D eigenvalue weighted by Gasteiger charge is -2.13. The Bertz CT molecular complexity index is 517. The number of anilines is 1. The number of aromatic hydroxyl groups is 2. The second kappa shape index (κ2) is 2.84. The molecule has 0 unspecified atom stereocenters. The van der Waals surface area contributed by atoms with Gasteiger partial charge in [-0.15, -0.1) is 0 Å². The molecule has 2 rings (SSSR count). The van der Waals surface area contributed by atoms with Crippen molar-refractivity contribution in [2.24, 2.45) is 0 Å². The third-order valence-electron chi connectivity index (χ3n) is 2.19. The number of allylic oxidation sites excluding steroid dienone is 2. The first kappa shape index (κ1) is 9.26. The normalized spacial score (nSPS) is 14.1. The van der Waals surface area contributed by atoms with E-state index in [-0.39, 0.29) is 16.8 Å². The Morgan fingerprint density at radius 2 is 1.53 bits per heavy atom. The Hall–Kier alpha value is -2.30. The fraction of sp³-hybridized carbons (Fsp3) is 0. The molecule has 0 radical (unpaired) electrons. The maximum atomic E-state index is 11.4. The highest BCUT2D eigenvalue weighted by molar-refractivity contribution is 6.24. The van der Waals surface area contributed by atoms with Crippen molar-refractivity contribution in [1.82, 2.24) is 0 Å². The van der Waals surface area contributed by atoms with Crippen LogP contribution in [-0.2, 0) is 0 Å². The molecule has 5 heteroatoms. The van der Waals surface area contributed by atoms with Crippen molar-refractivity contribution in [3.63, 3.8) is 0 Å². The molecule has 1 aliphatic carbocycles. The Labute approximate surface area is 84.4 Å². The number of phenolic OH excluding ortho intramolecular Hbond substituents is 2. The molecule has 0 aliphatic heterocycles. The van der Waals surface area contributed by atoms with Gasteiger partial charge in [-0.1, -0.05) is 0 Å². The van der Waals surface area contributed by atoms with E-state index >= 15 is 0 Å². The Morgan fingerprint density at radius 1 is 1.00 bits per heavy atom. The van der Waals surface area contributed by atoms with Crippen LogP contribution in [0.15, 0.2) is 18.2 Å². The third-order valence-corrected chi connectivity index (χ3v) is 2.19. The third kappa shape index (κ3) is 1.17. The number of fused-ring (bicyclic) bond motifs is 1. The van der Waals surface area contributed by atoms with Gasteiger partial charge in [-0.25, -0.2) is 0 Å². The smallest absolute Gasteiger partial charge is 0.190 e. The van der Waals surface area contributed by atoms with Gasteiger partial charge in [0, 0.05) is 6.07 Å². The van der Waals surface area contributed by atoms with E-state index < -0.39 is 23.1 Å². The summed E-state index contributed by atoms with van der Waals surface area (Å²) in [6.45, 7) is 0. The van der Waals surface area contributed by atoms with Gasteiger partial charge in [-0.05, 0) is 12.2 Å². The molecule has 1 aliphatic rings. The molecular formula is C10H7NO4. The summed E-state index contributed by atoms with van der Waals surface area (Å²) in [7, 11) is 0. The average Bonchev–Trinajstić information content (AvgIpc) is 2.18. The van der Waals surface area contributed by atoms with Gasteiger partial charge in [0.05, 0.1) is 16.8 Å². The van der Waals surface area contributed by atoms with Crippen LogP contribution in [0.4, 0.5) is 5.69 Å². The van der Waals surface area contributed by atoms with Gasteiger partial charge in [0.25, 0.3) is 0 Å². The summed E-state index contributed by atoms with van der Waals surface area (Å²) < 4.78 is 0. The van der Waals surface area contributed by atoms with Crippen LogP contribution < -0.4 is 5.73 Å². The largest absolute Gasteiger partial charge is 0.507 e. The summed E-state index contributed by atoms with van der Waals surface area (Å²) in [5, 5.41) is 19.0. The van der Waals surface area contributed by atoms with Crippen LogP contribution in [0.25, 0.3) is 0 Å². The minimum absolute atomic E-state index is 0.136. The zero-order valence-electron chi connectivity index (χ0n) is 7.52. The SMILES string of the molecule is Nc1cc(O)c2c(c1O)C(=O)C=CC2=O. The van der Waals surface area contributed by atoms with Crippen molar-refractivity contribution in [1.29, 1.82) is 0 Å². The first-order valence-electron chi connectivity index (χ1n) is 4.13. The van der Waals surface area contributed by atoms with Gasteiger partial charge in [-0.3, -0.25) is 9.59 Å². The van der Waals surface area contributed by atoms with Crippen LogP contribution in [0.5, 0.6) is 11.5 Å². The van der Waals surface area contributed by atoms with Crippen LogP contribution in [0.2, 0.25) is 0 Å².